The van der Waals surface area contributed by atoms with Crippen molar-refractivity contribution >= 4 is 29.6 Å². The molecule has 6 nitrogen and oxygen atoms in total. The first-order valence-electron chi connectivity index (χ1n) is 6.23. The van der Waals surface area contributed by atoms with Gasteiger partial charge in [-0.1, -0.05) is 29.8 Å². The highest BCUT2D eigenvalue weighted by Crippen LogP contribution is 2.30. The van der Waals surface area contributed by atoms with E-state index in [9.17, 15) is 19.5 Å². The number of carbonyl (C=O) groups excluding carboxylic acids is 3. The van der Waals surface area contributed by atoms with Gasteiger partial charge in [0, 0.05) is 22.3 Å². The van der Waals surface area contributed by atoms with Crippen LogP contribution in [0.25, 0.3) is 11.1 Å². The van der Waals surface area contributed by atoms with Gasteiger partial charge in [0.05, 0.1) is 6.54 Å². The molecule has 0 bridgehead atoms. The molecule has 0 aliphatic heterocycles. The van der Waals surface area contributed by atoms with E-state index in [1.807, 2.05) is 0 Å². The largest absolute Gasteiger partial charge is 0.505 e. The van der Waals surface area contributed by atoms with Crippen LogP contribution in [0, 0.1) is 0 Å². The van der Waals surface area contributed by atoms with Crippen LogP contribution in [0.1, 0.15) is 10.5 Å². The highest BCUT2D eigenvalue weighted by Gasteiger charge is 2.15. The molecular weight excluding hydrogens is 308 g/mol. The van der Waals surface area contributed by atoms with Gasteiger partial charge < -0.3 is 10.4 Å². The van der Waals surface area contributed by atoms with Gasteiger partial charge in [0.25, 0.3) is 5.91 Å². The number of aromatic nitrogens is 1. The Balaban J connectivity index is 2.23. The number of carbonyl (C=O) groups is 3. The molecule has 0 radical (unpaired) electrons. The fraction of sp³-hybridized carbons (Fsp3) is 0.0667. The van der Waals surface area contributed by atoms with Crippen LogP contribution in [0.15, 0.2) is 36.5 Å². The summed E-state index contributed by atoms with van der Waals surface area (Å²) >= 11 is 6.05. The number of hydrogen-bond donors (Lipinski definition) is 2. The standard InChI is InChI=1S/C15H11ClN2O4/c16-12-4-2-1-3-11(12)9-5-13(21)14(17-6-9)15(22)18-7-10(20)8-19/h1-6,8,21H,7H2,(H,18,22). The molecule has 1 aromatic carbocycles. The average Bonchev–Trinajstić information content (AvgIpc) is 2.52. The van der Waals surface area contributed by atoms with Crippen LogP contribution in [0.4, 0.5) is 0 Å². The molecule has 0 unspecified atom stereocenters. The molecule has 0 spiro atoms. The summed E-state index contributed by atoms with van der Waals surface area (Å²) in [5.74, 6) is -1.88. The second kappa shape index (κ2) is 6.82. The Morgan fingerprint density at radius 3 is 2.68 bits per heavy atom. The van der Waals surface area contributed by atoms with Crippen LogP contribution in [0.2, 0.25) is 5.02 Å². The summed E-state index contributed by atoms with van der Waals surface area (Å²) in [6.07, 6.45) is 1.49. The SMILES string of the molecule is O=CC(=O)CNC(=O)c1ncc(-c2ccccc2Cl)cc1O. The van der Waals surface area contributed by atoms with Gasteiger partial charge in [-0.25, -0.2) is 4.98 Å². The third-order valence-electron chi connectivity index (χ3n) is 2.82. The number of Topliss-reactive ketones (excluding diaryl/α,β-unsaturated/α-hetero) is 1. The number of nitrogens with one attached hydrogen (secondary N) is 1. The smallest absolute Gasteiger partial charge is 0.274 e. The van der Waals surface area contributed by atoms with Crippen molar-refractivity contribution in [1.82, 2.24) is 10.3 Å². The van der Waals surface area contributed by atoms with E-state index in [4.69, 9.17) is 11.6 Å². The maximum absolute atomic E-state index is 11.8. The van der Waals surface area contributed by atoms with Crippen LogP contribution in [-0.4, -0.2) is 34.6 Å². The minimum absolute atomic E-state index is 0.105. The van der Waals surface area contributed by atoms with Crippen LogP contribution >= 0.6 is 11.6 Å². The molecular formula is C15H11ClN2O4. The number of halogens is 1. The van der Waals surface area contributed by atoms with Crippen molar-refractivity contribution in [2.45, 2.75) is 0 Å². The van der Waals surface area contributed by atoms with Crippen LogP contribution in [-0.2, 0) is 9.59 Å². The predicted octanol–water partition coefficient (Wildman–Crippen LogP) is 1.61. The second-order valence-electron chi connectivity index (χ2n) is 4.34. The lowest BCUT2D eigenvalue weighted by atomic mass is 10.1. The topological polar surface area (TPSA) is 96.4 Å². The molecule has 0 aliphatic rings. The molecule has 0 fully saturated rings. The van der Waals surface area contributed by atoms with Gasteiger partial charge >= 0.3 is 0 Å². The number of pyridine rings is 1. The Kier molecular flexibility index (Phi) is 4.85. The summed E-state index contributed by atoms with van der Waals surface area (Å²) in [6.45, 7) is -0.449. The first kappa shape index (κ1) is 15.7. The third-order valence-corrected chi connectivity index (χ3v) is 3.15. The Morgan fingerprint density at radius 1 is 1.32 bits per heavy atom. The Hall–Kier alpha value is -2.73. The molecule has 1 aromatic heterocycles. The molecule has 2 N–H and O–H groups in total. The summed E-state index contributed by atoms with van der Waals surface area (Å²) < 4.78 is 0. The minimum Gasteiger partial charge on any atom is -0.505 e. The predicted molar refractivity (Wildman–Crippen MR) is 79.8 cm³/mol. The van der Waals surface area contributed by atoms with E-state index < -0.39 is 18.2 Å². The number of amides is 1. The van der Waals surface area contributed by atoms with Crippen LogP contribution in [0.5, 0.6) is 5.75 Å². The minimum atomic E-state index is -0.777. The molecule has 0 atom stereocenters. The fourth-order valence-electron chi connectivity index (χ4n) is 1.76. The molecule has 7 heteroatoms. The number of nitrogens with zero attached hydrogens (tertiary/aromatic N) is 1. The van der Waals surface area contributed by atoms with Gasteiger partial charge in [0.2, 0.25) is 5.78 Å². The zero-order valence-corrected chi connectivity index (χ0v) is 12.0. The van der Waals surface area contributed by atoms with Crippen molar-refractivity contribution in [2.24, 2.45) is 0 Å². The van der Waals surface area contributed by atoms with E-state index >= 15 is 0 Å². The lowest BCUT2D eigenvalue weighted by Gasteiger charge is -2.08. The number of aldehydes is 1. The number of aromatic hydroxyl groups is 1. The lowest BCUT2D eigenvalue weighted by molar-refractivity contribution is -0.129. The summed E-state index contributed by atoms with van der Waals surface area (Å²) in [5, 5.41) is 12.6. The zero-order chi connectivity index (χ0) is 16.1. The van der Waals surface area contributed by atoms with Gasteiger partial charge in [0.1, 0.15) is 5.75 Å². The van der Waals surface area contributed by atoms with E-state index in [0.717, 1.165) is 0 Å². The van der Waals surface area contributed by atoms with Gasteiger partial charge in [-0.2, -0.15) is 0 Å². The van der Waals surface area contributed by atoms with E-state index in [0.29, 0.717) is 16.1 Å². The maximum atomic E-state index is 11.8. The Bertz CT molecular complexity index is 746. The lowest BCUT2D eigenvalue weighted by Crippen LogP contribution is -2.30. The van der Waals surface area contributed by atoms with Gasteiger partial charge in [-0.3, -0.25) is 14.4 Å². The Morgan fingerprint density at radius 2 is 2.05 bits per heavy atom. The summed E-state index contributed by atoms with van der Waals surface area (Å²) in [6, 6.07) is 8.35. The van der Waals surface area contributed by atoms with Crippen molar-refractivity contribution in [3.05, 3.63) is 47.2 Å². The molecule has 112 valence electrons. The van der Waals surface area contributed by atoms with Crippen molar-refractivity contribution in [3.8, 4) is 16.9 Å². The van der Waals surface area contributed by atoms with E-state index in [1.54, 1.807) is 24.3 Å². The number of benzene rings is 1. The van der Waals surface area contributed by atoms with Gasteiger partial charge in [-0.15, -0.1) is 0 Å². The normalized spacial score (nSPS) is 10.0. The molecule has 1 heterocycles. The first-order chi connectivity index (χ1) is 10.5. The molecule has 22 heavy (non-hydrogen) atoms. The number of hydrogen-bond acceptors (Lipinski definition) is 5. The Labute approximate surface area is 130 Å². The molecule has 0 saturated heterocycles. The molecule has 1 amide bonds. The number of ketones is 1. The quantitative estimate of drug-likeness (QED) is 0.645. The van der Waals surface area contributed by atoms with Crippen molar-refractivity contribution < 1.29 is 19.5 Å². The highest BCUT2D eigenvalue weighted by molar-refractivity contribution is 6.33. The molecule has 0 saturated carbocycles. The van der Waals surface area contributed by atoms with Crippen molar-refractivity contribution in [2.75, 3.05) is 6.54 Å². The highest BCUT2D eigenvalue weighted by atomic mass is 35.5. The van der Waals surface area contributed by atoms with E-state index in [2.05, 4.69) is 10.3 Å². The van der Waals surface area contributed by atoms with Crippen LogP contribution in [0.3, 0.4) is 0 Å². The first-order valence-corrected chi connectivity index (χ1v) is 6.61. The second-order valence-corrected chi connectivity index (χ2v) is 4.75. The fourth-order valence-corrected chi connectivity index (χ4v) is 2.01. The number of rotatable bonds is 5. The summed E-state index contributed by atoms with van der Waals surface area (Å²) in [5.41, 5.74) is 0.966. The summed E-state index contributed by atoms with van der Waals surface area (Å²) in [7, 11) is 0. The monoisotopic (exact) mass is 318 g/mol. The van der Waals surface area contributed by atoms with Gasteiger partial charge in [-0.05, 0) is 12.1 Å². The van der Waals surface area contributed by atoms with Gasteiger partial charge in [0.15, 0.2) is 12.0 Å². The van der Waals surface area contributed by atoms with Crippen molar-refractivity contribution in [1.29, 1.82) is 0 Å². The van der Waals surface area contributed by atoms with Crippen LogP contribution < -0.4 is 5.32 Å². The van der Waals surface area contributed by atoms with Crippen molar-refractivity contribution in [3.63, 3.8) is 0 Å². The summed E-state index contributed by atoms with van der Waals surface area (Å²) in [4.78, 5) is 36.7. The molecule has 0 aliphatic carbocycles. The van der Waals surface area contributed by atoms with E-state index in [-0.39, 0.29) is 17.7 Å². The average molecular weight is 319 g/mol. The molecule has 2 rings (SSSR count). The maximum Gasteiger partial charge on any atom is 0.274 e. The van der Waals surface area contributed by atoms with E-state index in [1.165, 1.54) is 12.3 Å². The zero-order valence-electron chi connectivity index (χ0n) is 11.2. The third kappa shape index (κ3) is 3.48. The molecule has 2 aromatic rings.